The van der Waals surface area contributed by atoms with Crippen LogP contribution in [0.25, 0.3) is 0 Å². The second-order valence-electron chi connectivity index (χ2n) is 5.36. The molecule has 0 atom stereocenters. The third-order valence-electron chi connectivity index (χ3n) is 3.62. The van der Waals surface area contributed by atoms with Gasteiger partial charge in [-0.1, -0.05) is 59.6 Å². The van der Waals surface area contributed by atoms with E-state index >= 15 is 0 Å². The Bertz CT molecular complexity index is 782. The van der Waals surface area contributed by atoms with Crippen LogP contribution < -0.4 is 5.32 Å². The maximum Gasteiger partial charge on any atom is 0.279 e. The van der Waals surface area contributed by atoms with E-state index in [0.29, 0.717) is 5.69 Å². The van der Waals surface area contributed by atoms with Crippen molar-refractivity contribution in [3.05, 3.63) is 76.5 Å². The summed E-state index contributed by atoms with van der Waals surface area (Å²) >= 11 is 6.07. The maximum absolute atomic E-state index is 12.5. The van der Waals surface area contributed by atoms with Crippen molar-refractivity contribution in [3.8, 4) is 0 Å². The molecule has 2 aromatic rings. The molecule has 0 unspecified atom stereocenters. The van der Waals surface area contributed by atoms with Gasteiger partial charge in [-0.05, 0) is 24.6 Å². The first-order chi connectivity index (χ1) is 11.1. The van der Waals surface area contributed by atoms with Crippen LogP contribution in [0, 0.1) is 6.92 Å². The minimum atomic E-state index is -0.477. The molecule has 5 heteroatoms. The fourth-order valence-corrected chi connectivity index (χ4v) is 2.58. The second-order valence-corrected chi connectivity index (χ2v) is 5.74. The number of nitrogens with zero attached hydrogens (tertiary/aromatic N) is 1. The molecule has 2 amide bonds. The normalized spacial score (nSPS) is 14.6. The van der Waals surface area contributed by atoms with Crippen LogP contribution in [0.15, 0.2) is 65.3 Å². The van der Waals surface area contributed by atoms with Crippen molar-refractivity contribution in [1.82, 2.24) is 4.90 Å². The molecule has 0 saturated heterocycles. The number of rotatable bonds is 4. The van der Waals surface area contributed by atoms with Crippen LogP contribution in [0.3, 0.4) is 0 Å². The highest BCUT2D eigenvalue weighted by molar-refractivity contribution is 6.48. The third kappa shape index (κ3) is 3.12. The van der Waals surface area contributed by atoms with Gasteiger partial charge in [-0.2, -0.15) is 0 Å². The molecule has 1 aliphatic heterocycles. The average molecular weight is 327 g/mol. The van der Waals surface area contributed by atoms with Crippen molar-refractivity contribution in [2.75, 3.05) is 5.32 Å². The Kier molecular flexibility index (Phi) is 4.17. The third-order valence-corrected chi connectivity index (χ3v) is 3.97. The molecular weight excluding hydrogens is 312 g/mol. The highest BCUT2D eigenvalue weighted by Crippen LogP contribution is 2.27. The summed E-state index contributed by atoms with van der Waals surface area (Å²) in [7, 11) is 0. The van der Waals surface area contributed by atoms with Gasteiger partial charge in [0.15, 0.2) is 0 Å². The minimum absolute atomic E-state index is 0.0773. The Labute approximate surface area is 139 Å². The summed E-state index contributed by atoms with van der Waals surface area (Å²) in [6.45, 7) is 2.18. The smallest absolute Gasteiger partial charge is 0.279 e. The maximum atomic E-state index is 12.5. The Morgan fingerprint density at radius 3 is 2.26 bits per heavy atom. The first-order valence-electron chi connectivity index (χ1n) is 7.20. The molecule has 23 heavy (non-hydrogen) atoms. The number of aryl methyl sites for hydroxylation is 1. The molecule has 0 radical (unpaired) electrons. The number of hydrogen-bond acceptors (Lipinski definition) is 3. The van der Waals surface area contributed by atoms with E-state index in [1.54, 1.807) is 0 Å². The van der Waals surface area contributed by atoms with Crippen molar-refractivity contribution in [2.24, 2.45) is 0 Å². The summed E-state index contributed by atoms with van der Waals surface area (Å²) in [5, 5.41) is 2.87. The van der Waals surface area contributed by atoms with Crippen LogP contribution >= 0.6 is 11.6 Å². The van der Waals surface area contributed by atoms with E-state index in [1.807, 2.05) is 61.5 Å². The standard InChI is InChI=1S/C18H15ClN2O2/c1-12-7-9-14(10-8-12)20-16-15(19)17(22)21(18(16)23)11-13-5-3-2-4-6-13/h2-10,20H,11H2,1H3. The molecule has 0 fully saturated rings. The van der Waals surface area contributed by atoms with Gasteiger partial charge >= 0.3 is 0 Å². The number of anilines is 1. The van der Waals surface area contributed by atoms with Gasteiger partial charge in [-0.25, -0.2) is 0 Å². The van der Waals surface area contributed by atoms with Crippen molar-refractivity contribution >= 4 is 29.1 Å². The number of benzene rings is 2. The molecule has 1 aliphatic rings. The minimum Gasteiger partial charge on any atom is -0.350 e. The van der Waals surface area contributed by atoms with Gasteiger partial charge in [-0.15, -0.1) is 0 Å². The molecule has 0 aliphatic carbocycles. The molecular formula is C18H15ClN2O2. The SMILES string of the molecule is Cc1ccc(NC2=C(Cl)C(=O)N(Cc3ccccc3)C2=O)cc1. The molecule has 0 spiro atoms. The molecule has 0 bridgehead atoms. The van der Waals surface area contributed by atoms with Crippen LogP contribution in [0.1, 0.15) is 11.1 Å². The summed E-state index contributed by atoms with van der Waals surface area (Å²) in [6, 6.07) is 16.8. The number of nitrogens with one attached hydrogen (secondary N) is 1. The highest BCUT2D eigenvalue weighted by Gasteiger charge is 2.37. The van der Waals surface area contributed by atoms with Gasteiger partial charge in [0, 0.05) is 5.69 Å². The van der Waals surface area contributed by atoms with Crippen LogP contribution in [-0.2, 0) is 16.1 Å². The van der Waals surface area contributed by atoms with Gasteiger partial charge in [0.2, 0.25) is 0 Å². The summed E-state index contributed by atoms with van der Waals surface area (Å²) in [6.07, 6.45) is 0. The van der Waals surface area contributed by atoms with Crippen LogP contribution in [-0.4, -0.2) is 16.7 Å². The Hall–Kier alpha value is -2.59. The van der Waals surface area contributed by atoms with Gasteiger partial charge in [0.05, 0.1) is 6.54 Å². The Morgan fingerprint density at radius 2 is 1.61 bits per heavy atom. The second kappa shape index (κ2) is 6.26. The topological polar surface area (TPSA) is 49.4 Å². The number of carbonyl (C=O) groups excluding carboxylic acids is 2. The Morgan fingerprint density at radius 1 is 0.957 bits per heavy atom. The highest BCUT2D eigenvalue weighted by atomic mass is 35.5. The largest absolute Gasteiger partial charge is 0.350 e. The van der Waals surface area contributed by atoms with E-state index in [-0.39, 0.29) is 17.3 Å². The molecule has 4 nitrogen and oxygen atoms in total. The van der Waals surface area contributed by atoms with Crippen molar-refractivity contribution < 1.29 is 9.59 Å². The summed E-state index contributed by atoms with van der Waals surface area (Å²) in [4.78, 5) is 25.9. The first kappa shape index (κ1) is 15.3. The monoisotopic (exact) mass is 326 g/mol. The van der Waals surface area contributed by atoms with Gasteiger partial charge in [0.1, 0.15) is 10.7 Å². The summed E-state index contributed by atoms with van der Waals surface area (Å²) in [5.74, 6) is -0.889. The van der Waals surface area contributed by atoms with Crippen molar-refractivity contribution in [3.63, 3.8) is 0 Å². The number of amides is 2. The quantitative estimate of drug-likeness (QED) is 0.876. The van der Waals surface area contributed by atoms with E-state index in [2.05, 4.69) is 5.32 Å². The molecule has 2 aromatic carbocycles. The number of halogens is 1. The van der Waals surface area contributed by atoms with Crippen molar-refractivity contribution in [2.45, 2.75) is 13.5 Å². The molecule has 0 aromatic heterocycles. The van der Waals surface area contributed by atoms with Gasteiger partial charge < -0.3 is 5.32 Å². The summed E-state index contributed by atoms with van der Waals surface area (Å²) in [5.41, 5.74) is 2.81. The lowest BCUT2D eigenvalue weighted by atomic mass is 10.2. The van der Waals surface area contributed by atoms with Crippen LogP contribution in [0.4, 0.5) is 5.69 Å². The van der Waals surface area contributed by atoms with Crippen LogP contribution in [0.2, 0.25) is 0 Å². The number of carbonyl (C=O) groups is 2. The number of imide groups is 1. The van der Waals surface area contributed by atoms with E-state index in [0.717, 1.165) is 16.0 Å². The van der Waals surface area contributed by atoms with Crippen molar-refractivity contribution in [1.29, 1.82) is 0 Å². The molecule has 3 rings (SSSR count). The lowest BCUT2D eigenvalue weighted by molar-refractivity contribution is -0.138. The predicted molar refractivity (Wildman–Crippen MR) is 89.7 cm³/mol. The zero-order valence-electron chi connectivity index (χ0n) is 12.5. The summed E-state index contributed by atoms with van der Waals surface area (Å²) < 4.78 is 0. The fourth-order valence-electron chi connectivity index (χ4n) is 2.35. The van der Waals surface area contributed by atoms with E-state index in [1.165, 1.54) is 0 Å². The average Bonchev–Trinajstić information content (AvgIpc) is 2.76. The fraction of sp³-hybridized carbons (Fsp3) is 0.111. The molecule has 116 valence electrons. The predicted octanol–water partition coefficient (Wildman–Crippen LogP) is 3.43. The lowest BCUT2D eigenvalue weighted by Gasteiger charge is -2.15. The van der Waals surface area contributed by atoms with Crippen LogP contribution in [0.5, 0.6) is 0 Å². The van der Waals surface area contributed by atoms with Gasteiger partial charge in [0.25, 0.3) is 11.8 Å². The van der Waals surface area contributed by atoms with E-state index < -0.39 is 11.8 Å². The zero-order chi connectivity index (χ0) is 16.4. The molecule has 1 N–H and O–H groups in total. The first-order valence-corrected chi connectivity index (χ1v) is 7.57. The van der Waals surface area contributed by atoms with E-state index in [9.17, 15) is 9.59 Å². The zero-order valence-corrected chi connectivity index (χ0v) is 13.3. The Balaban J connectivity index is 1.80. The van der Waals surface area contributed by atoms with E-state index in [4.69, 9.17) is 11.6 Å². The number of hydrogen-bond donors (Lipinski definition) is 1. The van der Waals surface area contributed by atoms with Gasteiger partial charge in [-0.3, -0.25) is 14.5 Å². The molecule has 0 saturated carbocycles. The molecule has 1 heterocycles. The lowest BCUT2D eigenvalue weighted by Crippen LogP contribution is -2.31.